The van der Waals surface area contributed by atoms with Crippen LogP contribution in [0.15, 0.2) is 77.4 Å². The molecule has 0 bridgehead atoms. The first-order valence-electron chi connectivity index (χ1n) is 10.6. The molecule has 5 heteroatoms. The Morgan fingerprint density at radius 3 is 2.43 bits per heavy atom. The minimum atomic E-state index is -0.0703. The van der Waals surface area contributed by atoms with Crippen LogP contribution in [0.2, 0.25) is 0 Å². The first-order chi connectivity index (χ1) is 14.8. The number of para-hydroxylation sites is 1. The Hall–Kier alpha value is -3.05. The van der Waals surface area contributed by atoms with Crippen LogP contribution in [0.4, 0.5) is 0 Å². The van der Waals surface area contributed by atoms with E-state index in [1.165, 1.54) is 19.3 Å². The predicted molar refractivity (Wildman–Crippen MR) is 116 cm³/mol. The number of furan rings is 1. The van der Waals surface area contributed by atoms with E-state index in [9.17, 15) is 4.79 Å². The molecule has 1 aliphatic rings. The molecule has 0 spiro atoms. The quantitative estimate of drug-likeness (QED) is 0.585. The summed E-state index contributed by atoms with van der Waals surface area (Å²) in [5, 5.41) is 3.09. The molecular formula is C25H28N2O3. The van der Waals surface area contributed by atoms with E-state index < -0.39 is 0 Å². The van der Waals surface area contributed by atoms with Crippen molar-refractivity contribution in [1.29, 1.82) is 0 Å². The van der Waals surface area contributed by atoms with Gasteiger partial charge in [0.1, 0.15) is 18.1 Å². The third-order valence-electron chi connectivity index (χ3n) is 5.52. The van der Waals surface area contributed by atoms with Crippen molar-refractivity contribution in [2.75, 3.05) is 19.6 Å². The van der Waals surface area contributed by atoms with E-state index in [0.717, 1.165) is 30.2 Å². The van der Waals surface area contributed by atoms with Crippen molar-refractivity contribution < 1.29 is 13.9 Å². The molecule has 0 aliphatic carbocycles. The molecule has 1 atom stereocenters. The number of amides is 1. The Morgan fingerprint density at radius 1 is 0.967 bits per heavy atom. The second kappa shape index (κ2) is 10.1. The number of rotatable bonds is 8. The summed E-state index contributed by atoms with van der Waals surface area (Å²) in [4.78, 5) is 15.1. The number of hydrogen-bond acceptors (Lipinski definition) is 4. The van der Waals surface area contributed by atoms with Gasteiger partial charge in [-0.2, -0.15) is 0 Å². The fourth-order valence-electron chi connectivity index (χ4n) is 3.85. The molecule has 1 amide bonds. The molecule has 1 fully saturated rings. The van der Waals surface area contributed by atoms with Crippen molar-refractivity contribution >= 4 is 5.91 Å². The molecule has 1 aliphatic heterocycles. The lowest BCUT2D eigenvalue weighted by molar-refractivity contribution is 0.0914. The van der Waals surface area contributed by atoms with E-state index in [4.69, 9.17) is 9.15 Å². The Labute approximate surface area is 177 Å². The van der Waals surface area contributed by atoms with Crippen LogP contribution in [-0.4, -0.2) is 30.4 Å². The topological polar surface area (TPSA) is 54.7 Å². The van der Waals surface area contributed by atoms with Crippen molar-refractivity contribution in [1.82, 2.24) is 10.2 Å². The van der Waals surface area contributed by atoms with E-state index in [0.29, 0.717) is 18.7 Å². The Kier molecular flexibility index (Phi) is 6.83. The van der Waals surface area contributed by atoms with Crippen molar-refractivity contribution in [3.8, 4) is 5.75 Å². The SMILES string of the molecule is O=C(NC[C@@H](c1ccco1)N1CCCCC1)c1ccc(COc2ccccc2)cc1. The summed E-state index contributed by atoms with van der Waals surface area (Å²) in [7, 11) is 0. The zero-order valence-electron chi connectivity index (χ0n) is 17.1. The molecule has 1 aromatic heterocycles. The summed E-state index contributed by atoms with van der Waals surface area (Å²) < 4.78 is 11.4. The highest BCUT2D eigenvalue weighted by molar-refractivity contribution is 5.94. The summed E-state index contributed by atoms with van der Waals surface area (Å²) in [6, 6.07) is 21.3. The van der Waals surface area contributed by atoms with Crippen LogP contribution in [0, 0.1) is 0 Å². The van der Waals surface area contributed by atoms with Gasteiger partial charge in [-0.05, 0) is 67.9 Å². The van der Waals surface area contributed by atoms with E-state index in [-0.39, 0.29) is 11.9 Å². The molecule has 30 heavy (non-hydrogen) atoms. The molecule has 1 saturated heterocycles. The maximum Gasteiger partial charge on any atom is 0.251 e. The molecule has 2 heterocycles. The second-order valence-corrected chi connectivity index (χ2v) is 7.64. The number of ether oxygens (including phenoxy) is 1. The minimum absolute atomic E-state index is 0.0703. The maximum absolute atomic E-state index is 12.7. The van der Waals surface area contributed by atoms with Crippen LogP contribution in [0.25, 0.3) is 0 Å². The summed E-state index contributed by atoms with van der Waals surface area (Å²) >= 11 is 0. The fourth-order valence-corrected chi connectivity index (χ4v) is 3.85. The highest BCUT2D eigenvalue weighted by atomic mass is 16.5. The Morgan fingerprint density at radius 2 is 1.73 bits per heavy atom. The Balaban J connectivity index is 1.33. The van der Waals surface area contributed by atoms with Crippen LogP contribution in [-0.2, 0) is 6.61 Å². The molecule has 1 N–H and O–H groups in total. The van der Waals surface area contributed by atoms with E-state index >= 15 is 0 Å². The number of likely N-dealkylation sites (tertiary alicyclic amines) is 1. The average Bonchev–Trinajstić information content (AvgIpc) is 3.34. The lowest BCUT2D eigenvalue weighted by Gasteiger charge is -2.33. The second-order valence-electron chi connectivity index (χ2n) is 7.64. The van der Waals surface area contributed by atoms with Gasteiger partial charge < -0.3 is 14.5 Å². The van der Waals surface area contributed by atoms with Gasteiger partial charge in [0.2, 0.25) is 0 Å². The molecule has 5 nitrogen and oxygen atoms in total. The molecule has 4 rings (SSSR count). The molecule has 0 unspecified atom stereocenters. The zero-order valence-corrected chi connectivity index (χ0v) is 17.1. The molecule has 0 radical (unpaired) electrons. The normalized spacial score (nSPS) is 15.5. The number of nitrogens with zero attached hydrogens (tertiary/aromatic N) is 1. The largest absolute Gasteiger partial charge is 0.489 e. The molecule has 2 aromatic carbocycles. The maximum atomic E-state index is 12.7. The highest BCUT2D eigenvalue weighted by Gasteiger charge is 2.25. The predicted octanol–water partition coefficient (Wildman–Crippen LogP) is 4.82. The summed E-state index contributed by atoms with van der Waals surface area (Å²) in [6.07, 6.45) is 5.35. The molecular weight excluding hydrogens is 376 g/mol. The van der Waals surface area contributed by atoms with Crippen molar-refractivity contribution in [3.05, 3.63) is 89.9 Å². The van der Waals surface area contributed by atoms with Gasteiger partial charge in [-0.3, -0.25) is 9.69 Å². The summed E-state index contributed by atoms with van der Waals surface area (Å²) in [6.45, 7) is 3.08. The average molecular weight is 405 g/mol. The van der Waals surface area contributed by atoms with Gasteiger partial charge in [0.15, 0.2) is 0 Å². The summed E-state index contributed by atoms with van der Waals surface area (Å²) in [5.74, 6) is 1.67. The minimum Gasteiger partial charge on any atom is -0.489 e. The number of nitrogens with one attached hydrogen (secondary N) is 1. The lowest BCUT2D eigenvalue weighted by atomic mass is 10.1. The van der Waals surface area contributed by atoms with Gasteiger partial charge in [-0.1, -0.05) is 36.8 Å². The van der Waals surface area contributed by atoms with Gasteiger partial charge in [0.25, 0.3) is 5.91 Å². The highest BCUT2D eigenvalue weighted by Crippen LogP contribution is 2.24. The molecule has 156 valence electrons. The first-order valence-corrected chi connectivity index (χ1v) is 10.6. The van der Waals surface area contributed by atoms with E-state index in [2.05, 4.69) is 10.2 Å². The van der Waals surface area contributed by atoms with Gasteiger partial charge in [0.05, 0.1) is 12.3 Å². The van der Waals surface area contributed by atoms with Crippen LogP contribution >= 0.6 is 0 Å². The van der Waals surface area contributed by atoms with Crippen molar-refractivity contribution in [2.45, 2.75) is 31.9 Å². The lowest BCUT2D eigenvalue weighted by Crippen LogP contribution is -2.40. The monoisotopic (exact) mass is 404 g/mol. The third kappa shape index (κ3) is 5.30. The third-order valence-corrected chi connectivity index (χ3v) is 5.52. The van der Waals surface area contributed by atoms with E-state index in [1.54, 1.807) is 6.26 Å². The van der Waals surface area contributed by atoms with Crippen LogP contribution < -0.4 is 10.1 Å². The number of piperidine rings is 1. The number of carbonyl (C=O) groups is 1. The first kappa shape index (κ1) is 20.2. The number of hydrogen-bond donors (Lipinski definition) is 1. The van der Waals surface area contributed by atoms with E-state index in [1.807, 2.05) is 66.7 Å². The van der Waals surface area contributed by atoms with Gasteiger partial charge in [0, 0.05) is 12.1 Å². The smallest absolute Gasteiger partial charge is 0.251 e. The van der Waals surface area contributed by atoms with Crippen LogP contribution in [0.3, 0.4) is 0 Å². The van der Waals surface area contributed by atoms with Crippen molar-refractivity contribution in [3.63, 3.8) is 0 Å². The van der Waals surface area contributed by atoms with Gasteiger partial charge in [-0.25, -0.2) is 0 Å². The fraction of sp³-hybridized carbons (Fsp3) is 0.320. The van der Waals surface area contributed by atoms with Gasteiger partial charge in [-0.15, -0.1) is 0 Å². The molecule has 3 aromatic rings. The van der Waals surface area contributed by atoms with Gasteiger partial charge >= 0.3 is 0 Å². The number of benzene rings is 2. The summed E-state index contributed by atoms with van der Waals surface area (Å²) in [5.41, 5.74) is 1.67. The van der Waals surface area contributed by atoms with Crippen LogP contribution in [0.5, 0.6) is 5.75 Å². The van der Waals surface area contributed by atoms with Crippen molar-refractivity contribution in [2.24, 2.45) is 0 Å². The molecule has 0 saturated carbocycles. The zero-order chi connectivity index (χ0) is 20.6. The standard InChI is InChI=1S/C25H28N2O3/c28-25(21-13-11-20(12-14-21)19-30-22-8-3-1-4-9-22)26-18-23(24-10-7-17-29-24)27-15-5-2-6-16-27/h1,3-4,7-14,17,23H,2,5-6,15-16,18-19H2,(H,26,28)/t23-/m0/s1. The van der Waals surface area contributed by atoms with Crippen LogP contribution in [0.1, 0.15) is 47.0 Å². The number of carbonyl (C=O) groups excluding carboxylic acids is 1. The Bertz CT molecular complexity index is 901.